The van der Waals surface area contributed by atoms with Crippen LogP contribution in [0.15, 0.2) is 0 Å². The molecule has 1 atom stereocenters. The zero-order valence-electron chi connectivity index (χ0n) is 5.02. The van der Waals surface area contributed by atoms with Gasteiger partial charge < -0.3 is 0 Å². The van der Waals surface area contributed by atoms with Crippen molar-refractivity contribution in [3.05, 3.63) is 0 Å². The Morgan fingerprint density at radius 1 is 1.75 bits per heavy atom. The maximum atomic E-state index is 10.8. The number of ketones is 1. The van der Waals surface area contributed by atoms with Gasteiger partial charge in [-0.15, -0.1) is 0 Å². The van der Waals surface area contributed by atoms with Gasteiger partial charge >= 0.3 is 55.4 Å². The zero-order chi connectivity index (χ0) is 5.98. The fourth-order valence-corrected chi connectivity index (χ4v) is 2.68. The van der Waals surface area contributed by atoms with Crippen molar-refractivity contribution in [1.82, 2.24) is 0 Å². The monoisotopic (exact) mass is 178 g/mol. The molecule has 1 aliphatic carbocycles. The van der Waals surface area contributed by atoms with E-state index in [1.165, 1.54) is 6.42 Å². The molecule has 46 valence electrons. The minimum absolute atomic E-state index is 0.488. The Hall–Kier alpha value is 0.189. The summed E-state index contributed by atoms with van der Waals surface area (Å²) >= 11 is 0.577. The normalized spacial score (nSPS) is 29.1. The molecule has 0 bridgehead atoms. The Morgan fingerprint density at radius 2 is 2.50 bits per heavy atom. The van der Waals surface area contributed by atoms with Gasteiger partial charge in [-0.2, -0.15) is 0 Å². The van der Waals surface area contributed by atoms with Gasteiger partial charge in [0.25, 0.3) is 0 Å². The summed E-state index contributed by atoms with van der Waals surface area (Å²) in [7, 11) is 0. The Bertz CT molecular complexity index is 101. The van der Waals surface area contributed by atoms with Crippen molar-refractivity contribution in [3.63, 3.8) is 0 Å². The number of hydrogen-bond donors (Lipinski definition) is 0. The summed E-state index contributed by atoms with van der Waals surface area (Å²) < 4.78 is 0. The summed E-state index contributed by atoms with van der Waals surface area (Å²) in [5.41, 5.74) is 0. The molecule has 0 aromatic rings. The number of carbonyl (C=O) groups is 1. The number of Topliss-reactive ketones (excluding diaryl/α,β-unsaturated/α-hetero) is 1. The summed E-state index contributed by atoms with van der Waals surface area (Å²) in [6.07, 6.45) is 3.19. The van der Waals surface area contributed by atoms with Gasteiger partial charge in [-0.3, -0.25) is 0 Å². The topological polar surface area (TPSA) is 17.1 Å². The molecule has 1 nitrogen and oxygen atoms in total. The standard InChI is InChI=1S/C6H10OSe/c1-8-6-4-2-3-5(6)7/h6H,2-4H2,1H3. The molecule has 0 aliphatic heterocycles. The van der Waals surface area contributed by atoms with Gasteiger partial charge in [-0.05, 0) is 0 Å². The van der Waals surface area contributed by atoms with Gasteiger partial charge in [0.05, 0.1) is 0 Å². The van der Waals surface area contributed by atoms with E-state index in [2.05, 4.69) is 5.82 Å². The first-order valence-corrected chi connectivity index (χ1v) is 5.60. The quantitative estimate of drug-likeness (QED) is 0.551. The van der Waals surface area contributed by atoms with Gasteiger partial charge in [-0.25, -0.2) is 0 Å². The summed E-state index contributed by atoms with van der Waals surface area (Å²) in [5.74, 6) is 2.67. The molecule has 1 fully saturated rings. The van der Waals surface area contributed by atoms with Crippen molar-refractivity contribution in [2.75, 3.05) is 0 Å². The van der Waals surface area contributed by atoms with Gasteiger partial charge in [0.15, 0.2) is 0 Å². The minimum atomic E-state index is 0.488. The molecular formula is C6H10OSe. The van der Waals surface area contributed by atoms with Gasteiger partial charge in [0, 0.05) is 0 Å². The van der Waals surface area contributed by atoms with E-state index in [0.717, 1.165) is 12.8 Å². The summed E-state index contributed by atoms with van der Waals surface area (Å²) in [6.45, 7) is 0. The van der Waals surface area contributed by atoms with Crippen molar-refractivity contribution in [3.8, 4) is 0 Å². The van der Waals surface area contributed by atoms with E-state index >= 15 is 0 Å². The van der Waals surface area contributed by atoms with Crippen LogP contribution < -0.4 is 0 Å². The Kier molecular flexibility index (Phi) is 2.09. The molecule has 2 heteroatoms. The van der Waals surface area contributed by atoms with E-state index in [1.807, 2.05) is 0 Å². The van der Waals surface area contributed by atoms with E-state index in [4.69, 9.17) is 0 Å². The third-order valence-corrected chi connectivity index (χ3v) is 3.77. The van der Waals surface area contributed by atoms with Crippen molar-refractivity contribution >= 4 is 20.7 Å². The van der Waals surface area contributed by atoms with Crippen LogP contribution in [0.25, 0.3) is 0 Å². The van der Waals surface area contributed by atoms with Crippen molar-refractivity contribution in [1.29, 1.82) is 0 Å². The second kappa shape index (κ2) is 2.65. The fourth-order valence-electron chi connectivity index (χ4n) is 1.03. The van der Waals surface area contributed by atoms with Crippen LogP contribution in [0.5, 0.6) is 0 Å². The van der Waals surface area contributed by atoms with Crippen LogP contribution >= 0.6 is 0 Å². The Balaban J connectivity index is 2.42. The van der Waals surface area contributed by atoms with E-state index in [-0.39, 0.29) is 0 Å². The SMILES string of the molecule is C[Se]C1CCCC1=O. The molecule has 0 heterocycles. The molecule has 0 saturated heterocycles. The Labute approximate surface area is 56.0 Å². The molecule has 0 amide bonds. The van der Waals surface area contributed by atoms with Gasteiger partial charge in [-0.1, -0.05) is 0 Å². The number of carbonyl (C=O) groups excluding carboxylic acids is 1. The Morgan fingerprint density at radius 3 is 2.75 bits per heavy atom. The molecule has 0 N–H and O–H groups in total. The average Bonchev–Trinajstić information content (AvgIpc) is 2.14. The molecule has 0 aromatic carbocycles. The fraction of sp³-hybridized carbons (Fsp3) is 0.833. The van der Waals surface area contributed by atoms with Crippen LogP contribution in [0.1, 0.15) is 19.3 Å². The summed E-state index contributed by atoms with van der Waals surface area (Å²) in [5, 5.41) is 0. The van der Waals surface area contributed by atoms with Crippen LogP contribution in [-0.2, 0) is 4.79 Å². The molecule has 1 aliphatic rings. The zero-order valence-corrected chi connectivity index (χ0v) is 6.73. The molecule has 8 heavy (non-hydrogen) atoms. The number of rotatable bonds is 1. The molecule has 1 rings (SSSR count). The molecule has 0 spiro atoms. The summed E-state index contributed by atoms with van der Waals surface area (Å²) in [6, 6.07) is 0. The number of hydrogen-bond acceptors (Lipinski definition) is 1. The van der Waals surface area contributed by atoms with Crippen molar-refractivity contribution in [2.24, 2.45) is 0 Å². The van der Waals surface area contributed by atoms with E-state index in [1.54, 1.807) is 0 Å². The predicted molar refractivity (Wildman–Crippen MR) is 34.2 cm³/mol. The molecule has 1 saturated carbocycles. The van der Waals surface area contributed by atoms with Crippen LogP contribution in [0.2, 0.25) is 10.6 Å². The molecule has 0 aromatic heterocycles. The molecular weight excluding hydrogens is 167 g/mol. The van der Waals surface area contributed by atoms with E-state index in [0.29, 0.717) is 25.6 Å². The summed E-state index contributed by atoms with van der Waals surface area (Å²) in [4.78, 5) is 11.3. The van der Waals surface area contributed by atoms with Gasteiger partial charge in [0.1, 0.15) is 0 Å². The molecule has 1 unspecified atom stereocenters. The third-order valence-electron chi connectivity index (χ3n) is 1.53. The first-order valence-electron chi connectivity index (χ1n) is 2.90. The molecule has 0 radical (unpaired) electrons. The third kappa shape index (κ3) is 1.12. The van der Waals surface area contributed by atoms with Gasteiger partial charge in [0.2, 0.25) is 0 Å². The van der Waals surface area contributed by atoms with Crippen molar-refractivity contribution in [2.45, 2.75) is 29.9 Å². The second-order valence-electron chi connectivity index (χ2n) is 2.08. The van der Waals surface area contributed by atoms with Crippen LogP contribution in [0.3, 0.4) is 0 Å². The first kappa shape index (κ1) is 6.31. The van der Waals surface area contributed by atoms with E-state index < -0.39 is 0 Å². The maximum absolute atomic E-state index is 10.8. The predicted octanol–water partition coefficient (Wildman–Crippen LogP) is 1.28. The van der Waals surface area contributed by atoms with E-state index in [9.17, 15) is 4.79 Å². The average molecular weight is 177 g/mol. The van der Waals surface area contributed by atoms with Crippen molar-refractivity contribution < 1.29 is 4.79 Å². The van der Waals surface area contributed by atoms with Crippen LogP contribution in [0.4, 0.5) is 0 Å². The first-order chi connectivity index (χ1) is 3.84. The van der Waals surface area contributed by atoms with Crippen LogP contribution in [-0.4, -0.2) is 20.7 Å². The van der Waals surface area contributed by atoms with Crippen LogP contribution in [0, 0.1) is 0 Å². The second-order valence-corrected chi connectivity index (χ2v) is 4.27.